The zero-order chi connectivity index (χ0) is 37.6. The average molecular weight is 743 g/mol. The molecular weight excluding hydrogens is 700 g/mol. The van der Waals surface area contributed by atoms with Gasteiger partial charge in [-0.2, -0.15) is 0 Å². The molecule has 288 valence electrons. The number of Topliss-reactive ketones (excluding diaryl/α,β-unsaturated/α-hetero) is 1. The number of carbonyl (C=O) groups excluding carboxylic acids is 1. The van der Waals surface area contributed by atoms with Gasteiger partial charge in [0, 0.05) is 12.1 Å². The van der Waals surface area contributed by atoms with Crippen molar-refractivity contribution in [1.82, 2.24) is 0 Å². The van der Waals surface area contributed by atoms with E-state index in [0.717, 1.165) is 6.07 Å². The first-order chi connectivity index (χ1) is 24.6. The molecule has 0 aromatic heterocycles. The van der Waals surface area contributed by atoms with Crippen LogP contribution in [-0.4, -0.2) is 167 Å². The molecule has 11 N–H and O–H groups in total. The predicted octanol–water partition coefficient (Wildman–Crippen LogP) is -3.69. The largest absolute Gasteiger partial charge is 0.507 e. The highest BCUT2D eigenvalue weighted by Crippen LogP contribution is 2.43. The van der Waals surface area contributed by atoms with Crippen molar-refractivity contribution in [2.75, 3.05) is 13.2 Å². The van der Waals surface area contributed by atoms with Gasteiger partial charge in [0.05, 0.1) is 19.1 Å². The number of hydrogen-bond donors (Lipinski definition) is 11. The SMILES string of the molecule is C[C@H]1O[C@@H](OC[C@@H]2O[C@@H](Oc3cc(O)c4c(c3)O[C@@H](c3ccc(OC[C@@H]5O[C@@H](O)[C@H](O)[C@@H](O)[C@@H]5O)cc3)CC4=O)[C@H](O)[C@@H](O)[C@@H]2O)[C@H](O)[C@H](O)[C@H]1O. The normalized spacial score (nSPS) is 40.8. The van der Waals surface area contributed by atoms with Crippen LogP contribution in [-0.2, 0) is 18.9 Å². The van der Waals surface area contributed by atoms with Crippen LogP contribution in [0.1, 0.15) is 35.4 Å². The summed E-state index contributed by atoms with van der Waals surface area (Å²) in [6.07, 6.45) is -23.9. The van der Waals surface area contributed by atoms with Crippen LogP contribution in [0.15, 0.2) is 36.4 Å². The molecule has 0 bridgehead atoms. The van der Waals surface area contributed by atoms with Gasteiger partial charge < -0.3 is 89.3 Å². The van der Waals surface area contributed by atoms with Crippen molar-refractivity contribution in [3.63, 3.8) is 0 Å². The number of aliphatic hydroxyl groups excluding tert-OH is 10. The Morgan fingerprint density at radius 3 is 1.98 bits per heavy atom. The van der Waals surface area contributed by atoms with Crippen molar-refractivity contribution < 1.29 is 94.1 Å². The zero-order valence-electron chi connectivity index (χ0n) is 27.5. The van der Waals surface area contributed by atoms with Crippen molar-refractivity contribution in [2.45, 2.75) is 112 Å². The third-order valence-electron chi connectivity index (χ3n) is 9.48. The fourth-order valence-electron chi connectivity index (χ4n) is 6.32. The van der Waals surface area contributed by atoms with Crippen molar-refractivity contribution in [3.05, 3.63) is 47.5 Å². The summed E-state index contributed by atoms with van der Waals surface area (Å²) in [4.78, 5) is 13.1. The van der Waals surface area contributed by atoms with Crippen molar-refractivity contribution in [1.29, 1.82) is 0 Å². The lowest BCUT2D eigenvalue weighted by molar-refractivity contribution is -0.318. The smallest absolute Gasteiger partial charge is 0.229 e. The van der Waals surface area contributed by atoms with Gasteiger partial charge in [-0.1, -0.05) is 12.1 Å². The van der Waals surface area contributed by atoms with Gasteiger partial charge in [0.1, 0.15) is 108 Å². The van der Waals surface area contributed by atoms with Crippen LogP contribution < -0.4 is 14.2 Å². The monoisotopic (exact) mass is 742 g/mol. The van der Waals surface area contributed by atoms with Gasteiger partial charge in [-0.15, -0.1) is 0 Å². The molecule has 19 nitrogen and oxygen atoms in total. The quantitative estimate of drug-likeness (QED) is 0.118. The minimum Gasteiger partial charge on any atom is -0.507 e. The number of phenolic OH excluding ortho intramolecular Hbond substituents is 1. The summed E-state index contributed by atoms with van der Waals surface area (Å²) in [5.74, 6) is -0.863. The van der Waals surface area contributed by atoms with Crippen molar-refractivity contribution in [2.24, 2.45) is 0 Å². The molecular formula is C33H42O19. The average Bonchev–Trinajstić information content (AvgIpc) is 3.12. The van der Waals surface area contributed by atoms with Crippen LogP contribution in [0.25, 0.3) is 0 Å². The molecule has 4 aliphatic heterocycles. The molecule has 6 rings (SSSR count). The van der Waals surface area contributed by atoms with E-state index in [1.165, 1.54) is 13.0 Å². The highest BCUT2D eigenvalue weighted by molar-refractivity contribution is 6.02. The van der Waals surface area contributed by atoms with Gasteiger partial charge in [-0.25, -0.2) is 0 Å². The Bertz CT molecular complexity index is 1540. The number of ketones is 1. The molecule has 4 aliphatic rings. The Labute approximate surface area is 295 Å². The summed E-state index contributed by atoms with van der Waals surface area (Å²) in [5.41, 5.74) is 0.415. The van der Waals surface area contributed by atoms with E-state index in [9.17, 15) is 61.0 Å². The lowest BCUT2D eigenvalue weighted by Crippen LogP contribution is -2.61. The maximum Gasteiger partial charge on any atom is 0.229 e. The molecule has 0 saturated carbocycles. The number of aliphatic hydroxyl groups is 10. The molecule has 2 aromatic carbocycles. The van der Waals surface area contributed by atoms with Crippen LogP contribution in [0.3, 0.4) is 0 Å². The summed E-state index contributed by atoms with van der Waals surface area (Å²) in [6, 6.07) is 8.64. The molecule has 4 heterocycles. The van der Waals surface area contributed by atoms with E-state index < -0.39 is 116 Å². The molecule has 0 amide bonds. The van der Waals surface area contributed by atoms with E-state index in [0.29, 0.717) is 11.3 Å². The standard InChI is InChI=1S/C33H42O19/c1-11-22(36)25(39)29(43)32(48-11)47-10-20-24(38)27(41)30(44)33(52-20)49-14-6-15(34)21-16(35)8-17(50-18(21)7-14)12-2-4-13(5-3-12)46-9-19-23(37)26(40)28(42)31(45)51-19/h2-7,11,17,19-20,22-34,36-45H,8-10H2,1H3/t11-,17-,19+,20+,22+,23-,24-,25-,26+,27+,28-,29-,30-,31-,32-,33-/m1/s1. The summed E-state index contributed by atoms with van der Waals surface area (Å²) in [7, 11) is 0. The number of carbonyl (C=O) groups is 1. The molecule has 19 heteroatoms. The maximum absolute atomic E-state index is 13.1. The van der Waals surface area contributed by atoms with Gasteiger partial charge in [0.25, 0.3) is 0 Å². The lowest BCUT2D eigenvalue weighted by Gasteiger charge is -2.42. The van der Waals surface area contributed by atoms with Gasteiger partial charge in [0.15, 0.2) is 18.4 Å². The second-order valence-corrected chi connectivity index (χ2v) is 13.1. The first kappa shape index (κ1) is 38.5. The van der Waals surface area contributed by atoms with Crippen molar-refractivity contribution in [3.8, 4) is 23.0 Å². The van der Waals surface area contributed by atoms with E-state index >= 15 is 0 Å². The van der Waals surface area contributed by atoms with Crippen LogP contribution in [0, 0.1) is 0 Å². The van der Waals surface area contributed by atoms with Gasteiger partial charge in [-0.05, 0) is 24.6 Å². The van der Waals surface area contributed by atoms with Crippen LogP contribution in [0.5, 0.6) is 23.0 Å². The highest BCUT2D eigenvalue weighted by atomic mass is 16.7. The first-order valence-corrected chi connectivity index (χ1v) is 16.5. The molecule has 0 radical (unpaired) electrons. The minimum absolute atomic E-state index is 0.0663. The Morgan fingerprint density at radius 1 is 0.673 bits per heavy atom. The summed E-state index contributed by atoms with van der Waals surface area (Å²) < 4.78 is 39.0. The fourth-order valence-corrected chi connectivity index (χ4v) is 6.32. The topological polar surface area (TPSA) is 304 Å². The number of rotatable bonds is 9. The molecule has 0 spiro atoms. The molecule has 3 fully saturated rings. The van der Waals surface area contributed by atoms with Crippen LogP contribution in [0.4, 0.5) is 0 Å². The second kappa shape index (κ2) is 15.6. The van der Waals surface area contributed by atoms with E-state index in [2.05, 4.69) is 0 Å². The molecule has 52 heavy (non-hydrogen) atoms. The third-order valence-corrected chi connectivity index (χ3v) is 9.48. The number of phenols is 1. The summed E-state index contributed by atoms with van der Waals surface area (Å²) in [6.45, 7) is 0.654. The third kappa shape index (κ3) is 7.70. The second-order valence-electron chi connectivity index (χ2n) is 13.1. The summed E-state index contributed by atoms with van der Waals surface area (Å²) in [5, 5.41) is 112. The molecule has 2 aromatic rings. The highest BCUT2D eigenvalue weighted by Gasteiger charge is 2.48. The first-order valence-electron chi connectivity index (χ1n) is 16.5. The van der Waals surface area contributed by atoms with Crippen LogP contribution >= 0.6 is 0 Å². The minimum atomic E-state index is -1.80. The van der Waals surface area contributed by atoms with Gasteiger partial charge in [-0.3, -0.25) is 4.79 Å². The van der Waals surface area contributed by atoms with E-state index in [-0.39, 0.29) is 30.1 Å². The zero-order valence-corrected chi connectivity index (χ0v) is 27.5. The molecule has 0 aliphatic carbocycles. The van der Waals surface area contributed by atoms with E-state index in [1.54, 1.807) is 24.3 Å². The Kier molecular flexibility index (Phi) is 11.6. The summed E-state index contributed by atoms with van der Waals surface area (Å²) >= 11 is 0. The number of ether oxygens (including phenoxy) is 7. The molecule has 16 atom stereocenters. The number of hydrogen-bond acceptors (Lipinski definition) is 19. The maximum atomic E-state index is 13.1. The number of aromatic hydroxyl groups is 1. The Hall–Kier alpha value is -3.25. The number of benzene rings is 2. The molecule has 3 saturated heterocycles. The Morgan fingerprint density at radius 2 is 1.29 bits per heavy atom. The number of fused-ring (bicyclic) bond motifs is 1. The van der Waals surface area contributed by atoms with Gasteiger partial charge >= 0.3 is 0 Å². The lowest BCUT2D eigenvalue weighted by atomic mass is 9.95. The molecule has 0 unspecified atom stereocenters. The van der Waals surface area contributed by atoms with Gasteiger partial charge in [0.2, 0.25) is 6.29 Å². The van der Waals surface area contributed by atoms with E-state index in [4.69, 9.17) is 33.2 Å². The Balaban J connectivity index is 1.10. The van der Waals surface area contributed by atoms with E-state index in [1.807, 2.05) is 0 Å². The van der Waals surface area contributed by atoms with Crippen molar-refractivity contribution >= 4 is 5.78 Å². The predicted molar refractivity (Wildman–Crippen MR) is 167 cm³/mol. The van der Waals surface area contributed by atoms with Crippen LogP contribution in [0.2, 0.25) is 0 Å². The fraction of sp³-hybridized carbons (Fsp3) is 0.606.